The molecule has 0 aliphatic rings. The molecule has 0 saturated carbocycles. The number of aryl methyl sites for hydroxylation is 1. The van der Waals surface area contributed by atoms with Crippen LogP contribution in [-0.4, -0.2) is 19.2 Å². The van der Waals surface area contributed by atoms with Gasteiger partial charge in [-0.3, -0.25) is 0 Å². The van der Waals surface area contributed by atoms with Gasteiger partial charge in [-0.15, -0.1) is 0 Å². The van der Waals surface area contributed by atoms with E-state index in [9.17, 15) is 4.79 Å². The molecule has 0 spiro atoms. The van der Waals surface area contributed by atoms with Crippen LogP contribution in [0.25, 0.3) is 0 Å². The second kappa shape index (κ2) is 6.87. The van der Waals surface area contributed by atoms with Crippen molar-refractivity contribution < 1.29 is 9.53 Å². The molecule has 0 atom stereocenters. The van der Waals surface area contributed by atoms with Crippen molar-refractivity contribution in [3.8, 4) is 0 Å². The Morgan fingerprint density at radius 2 is 2.07 bits per heavy atom. The lowest BCUT2D eigenvalue weighted by molar-refractivity contribution is 0.145. The van der Waals surface area contributed by atoms with Gasteiger partial charge in [-0.05, 0) is 25.3 Å². The van der Waals surface area contributed by atoms with E-state index < -0.39 is 0 Å². The minimum Gasteiger partial charge on any atom is -0.450 e. The zero-order valence-corrected chi connectivity index (χ0v) is 9.03. The summed E-state index contributed by atoms with van der Waals surface area (Å²) < 4.78 is 4.95. The average molecular weight is 207 g/mol. The highest BCUT2D eigenvalue weighted by atomic mass is 16.5. The van der Waals surface area contributed by atoms with E-state index >= 15 is 0 Å². The van der Waals surface area contributed by atoms with E-state index in [1.807, 2.05) is 25.1 Å². The number of ether oxygens (including phenoxy) is 1. The van der Waals surface area contributed by atoms with Crippen LogP contribution in [0.2, 0.25) is 0 Å². The molecule has 3 nitrogen and oxygen atoms in total. The summed E-state index contributed by atoms with van der Waals surface area (Å²) in [6.45, 7) is 2.95. The zero-order chi connectivity index (χ0) is 10.9. The molecule has 3 heteroatoms. The summed E-state index contributed by atoms with van der Waals surface area (Å²) in [5, 5.41) is 2.58. The van der Waals surface area contributed by atoms with Crippen molar-refractivity contribution in [3.05, 3.63) is 35.9 Å². The first-order valence-electron chi connectivity index (χ1n) is 5.27. The van der Waals surface area contributed by atoms with Crippen LogP contribution in [0.15, 0.2) is 30.3 Å². The van der Waals surface area contributed by atoms with Crippen LogP contribution in [0.5, 0.6) is 0 Å². The number of alkyl carbamates (subject to hydrolysis) is 1. The van der Waals surface area contributed by atoms with E-state index in [1.54, 1.807) is 0 Å². The monoisotopic (exact) mass is 207 g/mol. The summed E-state index contributed by atoms with van der Waals surface area (Å²) in [5.74, 6) is 0. The first-order chi connectivity index (χ1) is 7.33. The Morgan fingerprint density at radius 3 is 2.73 bits per heavy atom. The molecular formula is C12H17NO2. The van der Waals surface area contributed by atoms with Gasteiger partial charge < -0.3 is 10.1 Å². The third-order valence-corrected chi connectivity index (χ3v) is 2.01. The maximum atomic E-state index is 10.9. The molecule has 0 fully saturated rings. The second-order valence-corrected chi connectivity index (χ2v) is 3.26. The first kappa shape index (κ1) is 11.6. The largest absolute Gasteiger partial charge is 0.450 e. The maximum Gasteiger partial charge on any atom is 0.407 e. The number of hydrogen-bond acceptors (Lipinski definition) is 2. The van der Waals surface area contributed by atoms with Gasteiger partial charge in [-0.1, -0.05) is 30.3 Å². The standard InChI is InChI=1S/C12H17NO2/c1-2-13-12(14)15-10-6-9-11-7-4-3-5-8-11/h3-5,7-8H,2,6,9-10H2,1H3,(H,13,14). The Hall–Kier alpha value is -1.51. The summed E-state index contributed by atoms with van der Waals surface area (Å²) in [7, 11) is 0. The molecule has 1 aromatic carbocycles. The molecule has 15 heavy (non-hydrogen) atoms. The summed E-state index contributed by atoms with van der Waals surface area (Å²) in [4.78, 5) is 10.9. The number of benzene rings is 1. The fourth-order valence-electron chi connectivity index (χ4n) is 1.28. The number of rotatable bonds is 5. The van der Waals surface area contributed by atoms with Crippen LogP contribution in [0.3, 0.4) is 0 Å². The van der Waals surface area contributed by atoms with Crippen molar-refractivity contribution in [2.24, 2.45) is 0 Å². The number of nitrogens with one attached hydrogen (secondary N) is 1. The molecule has 0 aromatic heterocycles. The molecule has 1 aromatic rings. The van der Waals surface area contributed by atoms with Crippen molar-refractivity contribution in [2.75, 3.05) is 13.2 Å². The molecule has 1 amide bonds. The van der Waals surface area contributed by atoms with Crippen LogP contribution in [0, 0.1) is 0 Å². The molecule has 0 bridgehead atoms. The van der Waals surface area contributed by atoms with Gasteiger partial charge in [0.1, 0.15) is 0 Å². The zero-order valence-electron chi connectivity index (χ0n) is 9.03. The molecule has 0 aliphatic carbocycles. The van der Waals surface area contributed by atoms with Crippen LogP contribution in [-0.2, 0) is 11.2 Å². The highest BCUT2D eigenvalue weighted by Crippen LogP contribution is 2.02. The Balaban J connectivity index is 2.10. The van der Waals surface area contributed by atoms with Crippen LogP contribution in [0.1, 0.15) is 18.9 Å². The SMILES string of the molecule is CCNC(=O)OCCCc1ccccc1. The van der Waals surface area contributed by atoms with Crippen LogP contribution >= 0.6 is 0 Å². The van der Waals surface area contributed by atoms with Gasteiger partial charge in [0.2, 0.25) is 0 Å². The molecule has 0 unspecified atom stereocenters. The van der Waals surface area contributed by atoms with Crippen molar-refractivity contribution in [2.45, 2.75) is 19.8 Å². The van der Waals surface area contributed by atoms with Gasteiger partial charge in [0.05, 0.1) is 6.61 Å². The van der Waals surface area contributed by atoms with Gasteiger partial charge >= 0.3 is 6.09 Å². The number of carbonyl (C=O) groups is 1. The topological polar surface area (TPSA) is 38.3 Å². The molecule has 0 saturated heterocycles. The van der Waals surface area contributed by atoms with Crippen molar-refractivity contribution in [3.63, 3.8) is 0 Å². The Kier molecular flexibility index (Phi) is 5.30. The summed E-state index contributed by atoms with van der Waals surface area (Å²) >= 11 is 0. The number of amides is 1. The second-order valence-electron chi connectivity index (χ2n) is 3.26. The van der Waals surface area contributed by atoms with E-state index in [1.165, 1.54) is 5.56 Å². The lowest BCUT2D eigenvalue weighted by Crippen LogP contribution is -2.24. The van der Waals surface area contributed by atoms with Gasteiger partial charge in [0, 0.05) is 6.54 Å². The molecule has 82 valence electrons. The Bertz CT molecular complexity index is 285. The third kappa shape index (κ3) is 5.05. The van der Waals surface area contributed by atoms with Crippen LogP contribution in [0.4, 0.5) is 4.79 Å². The lowest BCUT2D eigenvalue weighted by atomic mass is 10.1. The number of hydrogen-bond donors (Lipinski definition) is 1. The van der Waals surface area contributed by atoms with Crippen molar-refractivity contribution in [1.29, 1.82) is 0 Å². The number of carbonyl (C=O) groups excluding carboxylic acids is 1. The first-order valence-corrected chi connectivity index (χ1v) is 5.27. The fraction of sp³-hybridized carbons (Fsp3) is 0.417. The average Bonchev–Trinajstić information content (AvgIpc) is 2.26. The Morgan fingerprint density at radius 1 is 1.33 bits per heavy atom. The minimum absolute atomic E-state index is 0.328. The predicted octanol–water partition coefficient (Wildman–Crippen LogP) is 2.37. The summed E-state index contributed by atoms with van der Waals surface area (Å²) in [6, 6.07) is 10.2. The van der Waals surface area contributed by atoms with Crippen molar-refractivity contribution in [1.82, 2.24) is 5.32 Å². The van der Waals surface area contributed by atoms with Crippen LogP contribution < -0.4 is 5.32 Å². The smallest absolute Gasteiger partial charge is 0.407 e. The van der Waals surface area contributed by atoms with Gasteiger partial charge in [0.25, 0.3) is 0 Å². The van der Waals surface area contributed by atoms with Gasteiger partial charge in [0.15, 0.2) is 0 Å². The normalized spacial score (nSPS) is 9.67. The van der Waals surface area contributed by atoms with Gasteiger partial charge in [-0.25, -0.2) is 4.79 Å². The predicted molar refractivity (Wildman–Crippen MR) is 59.8 cm³/mol. The molecule has 0 radical (unpaired) electrons. The minimum atomic E-state index is -0.328. The van der Waals surface area contributed by atoms with E-state index in [4.69, 9.17) is 4.74 Å². The van der Waals surface area contributed by atoms with E-state index in [0.717, 1.165) is 12.8 Å². The van der Waals surface area contributed by atoms with E-state index in [-0.39, 0.29) is 6.09 Å². The summed E-state index contributed by atoms with van der Waals surface area (Å²) in [5.41, 5.74) is 1.27. The molecule has 1 rings (SSSR count). The fourth-order valence-corrected chi connectivity index (χ4v) is 1.28. The maximum absolute atomic E-state index is 10.9. The highest BCUT2D eigenvalue weighted by molar-refractivity contribution is 5.66. The summed E-state index contributed by atoms with van der Waals surface area (Å²) in [6.07, 6.45) is 1.48. The third-order valence-electron chi connectivity index (χ3n) is 2.01. The quantitative estimate of drug-likeness (QED) is 0.753. The highest BCUT2D eigenvalue weighted by Gasteiger charge is 1.98. The molecule has 0 aliphatic heterocycles. The molecule has 1 N–H and O–H groups in total. The molecular weight excluding hydrogens is 190 g/mol. The molecule has 0 heterocycles. The van der Waals surface area contributed by atoms with Gasteiger partial charge in [-0.2, -0.15) is 0 Å². The van der Waals surface area contributed by atoms with E-state index in [0.29, 0.717) is 13.2 Å². The Labute approximate surface area is 90.4 Å². The van der Waals surface area contributed by atoms with E-state index in [2.05, 4.69) is 17.4 Å². The lowest BCUT2D eigenvalue weighted by Gasteiger charge is -2.04. The van der Waals surface area contributed by atoms with Crippen molar-refractivity contribution >= 4 is 6.09 Å².